The minimum absolute atomic E-state index is 0.349. The van der Waals surface area contributed by atoms with Gasteiger partial charge in [-0.1, -0.05) is 0 Å². The number of hydrogen-bond acceptors (Lipinski definition) is 6. The summed E-state index contributed by atoms with van der Waals surface area (Å²) >= 11 is 0. The maximum Gasteiger partial charge on any atom is 0.162 e. The van der Waals surface area contributed by atoms with E-state index < -0.39 is 5.60 Å². The molecule has 3 rings (SSSR count). The summed E-state index contributed by atoms with van der Waals surface area (Å²) in [6, 6.07) is 5.65. The minimum atomic E-state index is -0.783. The van der Waals surface area contributed by atoms with E-state index in [1.807, 2.05) is 32.0 Å². The molecule has 3 heterocycles. The van der Waals surface area contributed by atoms with Crippen LogP contribution in [0.15, 0.2) is 43.0 Å². The Kier molecular flexibility index (Phi) is 4.39. The lowest BCUT2D eigenvalue weighted by Gasteiger charge is -2.33. The van der Waals surface area contributed by atoms with Crippen molar-refractivity contribution in [2.24, 2.45) is 0 Å². The van der Waals surface area contributed by atoms with Crippen LogP contribution in [0.4, 0.5) is 5.82 Å². The maximum absolute atomic E-state index is 10.2. The Bertz CT molecular complexity index is 872. The van der Waals surface area contributed by atoms with Crippen molar-refractivity contribution >= 4 is 16.7 Å². The average molecular weight is 337 g/mol. The molecule has 0 aliphatic heterocycles. The van der Waals surface area contributed by atoms with Crippen molar-refractivity contribution in [2.45, 2.75) is 45.3 Å². The Morgan fingerprint density at radius 3 is 2.32 bits per heavy atom. The van der Waals surface area contributed by atoms with Crippen molar-refractivity contribution < 1.29 is 5.11 Å². The molecule has 3 aromatic heterocycles. The molecule has 2 N–H and O–H groups in total. The standard InChI is InChI=1S/C19H23N5O/c1-18(2,12-19(3,4)25)24-17-14-7-10-21-11-15(14)22-16(23-17)13-5-8-20-9-6-13/h5-11,25H,12H2,1-4H3,(H,22,23,24). The maximum atomic E-state index is 10.2. The third-order valence-electron chi connectivity index (χ3n) is 3.77. The van der Waals surface area contributed by atoms with E-state index in [9.17, 15) is 5.11 Å². The number of nitrogens with zero attached hydrogens (tertiary/aromatic N) is 4. The lowest BCUT2D eigenvalue weighted by atomic mass is 9.89. The zero-order valence-electron chi connectivity index (χ0n) is 15.0. The van der Waals surface area contributed by atoms with Gasteiger partial charge in [0, 0.05) is 35.1 Å². The number of aromatic nitrogens is 4. The first kappa shape index (κ1) is 17.2. The van der Waals surface area contributed by atoms with Crippen LogP contribution < -0.4 is 5.32 Å². The summed E-state index contributed by atoms with van der Waals surface area (Å²) < 4.78 is 0. The molecule has 6 heteroatoms. The van der Waals surface area contributed by atoms with E-state index in [1.165, 1.54) is 0 Å². The van der Waals surface area contributed by atoms with Crippen molar-refractivity contribution in [1.82, 2.24) is 19.9 Å². The summed E-state index contributed by atoms with van der Waals surface area (Å²) in [5, 5.41) is 14.6. The highest BCUT2D eigenvalue weighted by Gasteiger charge is 2.28. The molecule has 6 nitrogen and oxygen atoms in total. The first-order valence-electron chi connectivity index (χ1n) is 8.26. The topological polar surface area (TPSA) is 83.8 Å². The fraction of sp³-hybridized carbons (Fsp3) is 0.368. The van der Waals surface area contributed by atoms with Gasteiger partial charge < -0.3 is 10.4 Å². The van der Waals surface area contributed by atoms with Gasteiger partial charge in [-0.25, -0.2) is 9.97 Å². The molecule has 130 valence electrons. The number of rotatable bonds is 5. The first-order valence-corrected chi connectivity index (χ1v) is 8.26. The molecule has 0 atom stereocenters. The fourth-order valence-corrected chi connectivity index (χ4v) is 3.15. The third kappa shape index (κ3) is 4.28. The van der Waals surface area contributed by atoms with Gasteiger partial charge in [-0.15, -0.1) is 0 Å². The lowest BCUT2D eigenvalue weighted by molar-refractivity contribution is 0.0550. The summed E-state index contributed by atoms with van der Waals surface area (Å²) in [6.45, 7) is 7.71. The Labute approximate surface area is 147 Å². The predicted octanol–water partition coefficient (Wildman–Crippen LogP) is 3.44. The molecule has 0 amide bonds. The monoisotopic (exact) mass is 337 g/mol. The molecule has 0 spiro atoms. The number of fused-ring (bicyclic) bond motifs is 1. The Morgan fingerprint density at radius 2 is 1.64 bits per heavy atom. The van der Waals surface area contributed by atoms with Crippen LogP contribution in [0.3, 0.4) is 0 Å². The summed E-state index contributed by atoms with van der Waals surface area (Å²) in [4.78, 5) is 17.6. The van der Waals surface area contributed by atoms with Gasteiger partial charge in [-0.05, 0) is 52.3 Å². The largest absolute Gasteiger partial charge is 0.390 e. The van der Waals surface area contributed by atoms with Crippen molar-refractivity contribution in [3.63, 3.8) is 0 Å². The molecule has 0 saturated heterocycles. The van der Waals surface area contributed by atoms with E-state index in [-0.39, 0.29) is 5.54 Å². The van der Waals surface area contributed by atoms with Gasteiger partial charge in [0.15, 0.2) is 5.82 Å². The summed E-state index contributed by atoms with van der Waals surface area (Å²) in [5.74, 6) is 1.35. The van der Waals surface area contributed by atoms with E-state index in [0.717, 1.165) is 22.3 Å². The molecular formula is C19H23N5O. The fourth-order valence-electron chi connectivity index (χ4n) is 3.15. The Morgan fingerprint density at radius 1 is 0.960 bits per heavy atom. The van der Waals surface area contributed by atoms with Gasteiger partial charge in [0.05, 0.1) is 17.3 Å². The van der Waals surface area contributed by atoms with Crippen LogP contribution in [0.25, 0.3) is 22.3 Å². The number of hydrogen-bond donors (Lipinski definition) is 2. The minimum Gasteiger partial charge on any atom is -0.390 e. The van der Waals surface area contributed by atoms with E-state index in [0.29, 0.717) is 12.2 Å². The van der Waals surface area contributed by atoms with Gasteiger partial charge in [-0.3, -0.25) is 9.97 Å². The van der Waals surface area contributed by atoms with Gasteiger partial charge >= 0.3 is 0 Å². The van der Waals surface area contributed by atoms with Gasteiger partial charge in [0.2, 0.25) is 0 Å². The van der Waals surface area contributed by atoms with Gasteiger partial charge in [-0.2, -0.15) is 0 Å². The normalized spacial score (nSPS) is 12.4. The van der Waals surface area contributed by atoms with Gasteiger partial charge in [0.1, 0.15) is 5.82 Å². The second-order valence-corrected chi connectivity index (χ2v) is 7.52. The number of nitrogens with one attached hydrogen (secondary N) is 1. The van der Waals surface area contributed by atoms with Crippen LogP contribution >= 0.6 is 0 Å². The summed E-state index contributed by atoms with van der Waals surface area (Å²) in [7, 11) is 0. The molecule has 0 saturated carbocycles. The highest BCUT2D eigenvalue weighted by molar-refractivity contribution is 5.90. The zero-order chi connectivity index (χ0) is 18.1. The molecule has 0 unspecified atom stereocenters. The number of aliphatic hydroxyl groups is 1. The van der Waals surface area contributed by atoms with E-state index in [4.69, 9.17) is 4.98 Å². The van der Waals surface area contributed by atoms with E-state index in [2.05, 4.69) is 20.3 Å². The molecule has 0 aromatic carbocycles. The van der Waals surface area contributed by atoms with Crippen LogP contribution in [0.5, 0.6) is 0 Å². The van der Waals surface area contributed by atoms with Crippen molar-refractivity contribution in [3.05, 3.63) is 43.0 Å². The highest BCUT2D eigenvalue weighted by atomic mass is 16.3. The van der Waals surface area contributed by atoms with Gasteiger partial charge in [0.25, 0.3) is 0 Å². The molecule has 0 radical (unpaired) electrons. The SMILES string of the molecule is CC(C)(O)CC(C)(C)Nc1nc(-c2ccncc2)nc2cnccc12. The average Bonchev–Trinajstić information content (AvgIpc) is 2.53. The third-order valence-corrected chi connectivity index (χ3v) is 3.77. The highest BCUT2D eigenvalue weighted by Crippen LogP contribution is 2.29. The van der Waals surface area contributed by atoms with Crippen molar-refractivity contribution in [1.29, 1.82) is 0 Å². The molecule has 0 fully saturated rings. The number of pyridine rings is 2. The van der Waals surface area contributed by atoms with Crippen molar-refractivity contribution in [3.8, 4) is 11.4 Å². The molecular weight excluding hydrogens is 314 g/mol. The van der Waals surface area contributed by atoms with E-state index in [1.54, 1.807) is 38.6 Å². The van der Waals surface area contributed by atoms with Crippen LogP contribution in [-0.2, 0) is 0 Å². The predicted molar refractivity (Wildman–Crippen MR) is 99.2 cm³/mol. The second-order valence-electron chi connectivity index (χ2n) is 7.52. The Hall–Kier alpha value is -2.60. The molecule has 25 heavy (non-hydrogen) atoms. The van der Waals surface area contributed by atoms with Crippen LogP contribution in [0.2, 0.25) is 0 Å². The lowest BCUT2D eigenvalue weighted by Crippen LogP contribution is -2.39. The zero-order valence-corrected chi connectivity index (χ0v) is 15.0. The number of anilines is 1. The molecule has 0 bridgehead atoms. The first-order chi connectivity index (χ1) is 11.7. The summed E-state index contributed by atoms with van der Waals surface area (Å²) in [6.07, 6.45) is 7.47. The Balaban J connectivity index is 2.07. The van der Waals surface area contributed by atoms with Crippen molar-refractivity contribution in [2.75, 3.05) is 5.32 Å². The summed E-state index contributed by atoms with van der Waals surface area (Å²) in [5.41, 5.74) is 0.530. The smallest absolute Gasteiger partial charge is 0.162 e. The van der Waals surface area contributed by atoms with Crippen LogP contribution in [-0.4, -0.2) is 36.2 Å². The second kappa shape index (κ2) is 6.37. The molecule has 0 aliphatic rings. The van der Waals surface area contributed by atoms with Crippen LogP contribution in [0.1, 0.15) is 34.1 Å². The quantitative estimate of drug-likeness (QED) is 0.742. The molecule has 3 aromatic rings. The van der Waals surface area contributed by atoms with Crippen LogP contribution in [0, 0.1) is 0 Å². The molecule has 0 aliphatic carbocycles. The van der Waals surface area contributed by atoms with E-state index >= 15 is 0 Å².